The molecule has 0 aliphatic carbocycles. The summed E-state index contributed by atoms with van der Waals surface area (Å²) in [5.41, 5.74) is 2.07. The third kappa shape index (κ3) is 5.18. The van der Waals surface area contributed by atoms with E-state index in [1.165, 1.54) is 0 Å². The van der Waals surface area contributed by atoms with Crippen molar-refractivity contribution in [3.63, 3.8) is 0 Å². The van der Waals surface area contributed by atoms with E-state index >= 15 is 0 Å². The number of ether oxygens (including phenoxy) is 2. The van der Waals surface area contributed by atoms with Gasteiger partial charge in [0.25, 0.3) is 0 Å². The molecule has 1 aromatic carbocycles. The van der Waals surface area contributed by atoms with Crippen molar-refractivity contribution in [2.75, 3.05) is 13.2 Å². The Morgan fingerprint density at radius 2 is 1.27 bits per heavy atom. The van der Waals surface area contributed by atoms with Crippen LogP contribution in [0.2, 0.25) is 0 Å². The Hall–Kier alpha value is -0.698. The zero-order valence-corrected chi connectivity index (χ0v) is 19.3. The molecular formula is C20H27BrN2O2Pd. The van der Waals surface area contributed by atoms with Gasteiger partial charge in [-0.2, -0.15) is 18.2 Å². The molecule has 4 nitrogen and oxygen atoms in total. The number of benzene rings is 1. The molecule has 2 aliphatic heterocycles. The van der Waals surface area contributed by atoms with Crippen molar-refractivity contribution < 1.29 is 26.7 Å². The van der Waals surface area contributed by atoms with E-state index in [2.05, 4.69) is 78.2 Å². The first-order chi connectivity index (χ1) is 12.1. The van der Waals surface area contributed by atoms with Gasteiger partial charge < -0.3 is 9.47 Å². The first kappa shape index (κ1) is 21.6. The van der Waals surface area contributed by atoms with Crippen LogP contribution in [0.5, 0.6) is 0 Å². The summed E-state index contributed by atoms with van der Waals surface area (Å²) in [4.78, 5) is 9.49. The van der Waals surface area contributed by atoms with Crippen LogP contribution in [0.4, 0.5) is 0 Å². The predicted octanol–water partition coefficient (Wildman–Crippen LogP) is 4.71. The van der Waals surface area contributed by atoms with Crippen LogP contribution in [-0.4, -0.2) is 37.1 Å². The third-order valence-electron chi connectivity index (χ3n) is 4.58. The van der Waals surface area contributed by atoms with Gasteiger partial charge in [0.05, 0.1) is 12.1 Å². The maximum absolute atomic E-state index is 5.82. The molecule has 146 valence electrons. The van der Waals surface area contributed by atoms with E-state index in [1.54, 1.807) is 0 Å². The Labute approximate surface area is 174 Å². The molecule has 6 heteroatoms. The van der Waals surface area contributed by atoms with Gasteiger partial charge in [0.15, 0.2) is 11.8 Å². The van der Waals surface area contributed by atoms with E-state index in [-0.39, 0.29) is 22.9 Å². The second-order valence-corrected chi connectivity index (χ2v) is 8.76. The summed E-state index contributed by atoms with van der Waals surface area (Å²) in [6, 6.07) is 9.38. The van der Waals surface area contributed by atoms with Crippen molar-refractivity contribution in [2.45, 2.75) is 53.6 Å². The molecule has 0 radical (unpaired) electrons. The molecule has 2 aliphatic rings. The molecule has 0 amide bonds. The van der Waals surface area contributed by atoms with Crippen molar-refractivity contribution in [1.82, 2.24) is 0 Å². The van der Waals surface area contributed by atoms with Crippen molar-refractivity contribution >= 4 is 25.2 Å². The summed E-state index contributed by atoms with van der Waals surface area (Å²) in [5.74, 6) is 1.39. The van der Waals surface area contributed by atoms with Crippen molar-refractivity contribution in [3.05, 3.63) is 35.4 Å². The zero-order chi connectivity index (χ0) is 19.5. The molecule has 3 rings (SSSR count). The number of nitrogens with zero attached hydrogens (tertiary/aromatic N) is 2. The molecule has 0 spiro atoms. The van der Waals surface area contributed by atoms with Gasteiger partial charge in [-0.1, -0.05) is 52.7 Å². The van der Waals surface area contributed by atoms with E-state index in [0.717, 1.165) is 11.1 Å². The summed E-state index contributed by atoms with van der Waals surface area (Å²) in [7, 11) is 0. The minimum atomic E-state index is 0.0989. The molecule has 2 heterocycles. The Bertz CT molecular complexity index is 635. The minimum absolute atomic E-state index is 0.0989. The van der Waals surface area contributed by atoms with Crippen LogP contribution in [-0.2, 0) is 26.7 Å². The van der Waals surface area contributed by atoms with Crippen molar-refractivity contribution in [2.24, 2.45) is 20.8 Å². The fourth-order valence-electron chi connectivity index (χ4n) is 2.67. The van der Waals surface area contributed by atoms with Gasteiger partial charge in [-0.25, -0.2) is 0 Å². The number of rotatable bonds is 2. The van der Waals surface area contributed by atoms with E-state index < -0.39 is 0 Å². The quantitative estimate of drug-likeness (QED) is 0.425. The molecule has 0 unspecified atom stereocenters. The molecule has 0 aromatic heterocycles. The fourth-order valence-corrected chi connectivity index (χ4v) is 2.67. The summed E-state index contributed by atoms with van der Waals surface area (Å²) >= 11 is 5.35. The Morgan fingerprint density at radius 3 is 1.58 bits per heavy atom. The number of halogens is 1. The van der Waals surface area contributed by atoms with Crippen molar-refractivity contribution in [1.29, 1.82) is 0 Å². The SMILES string of the molecule is CC(C)(C)[C@H]1COC(c2c[c-]cc(C3=N[C@@H](C(C)(C)C)CO3)c2)=N1.[Br][Pd+]. The van der Waals surface area contributed by atoms with E-state index in [9.17, 15) is 0 Å². The van der Waals surface area contributed by atoms with Crippen LogP contribution in [0.3, 0.4) is 0 Å². The molecule has 26 heavy (non-hydrogen) atoms. The predicted molar refractivity (Wildman–Crippen MR) is 106 cm³/mol. The Kier molecular flexibility index (Phi) is 7.10. The number of aliphatic imine (C=N–C) groups is 2. The van der Waals surface area contributed by atoms with Crippen LogP contribution in [0.25, 0.3) is 0 Å². The van der Waals surface area contributed by atoms with Gasteiger partial charge in [-0.3, -0.25) is 9.98 Å². The van der Waals surface area contributed by atoms with Gasteiger partial charge in [0, 0.05) is 0 Å². The standard InChI is InChI=1S/C20H27N2O2.BrH.Pd/c1-19(2,3)15-11-23-17(21-15)13-8-7-9-14(10-13)18-22-16(12-24-18)20(4,5)6;;/h8-10,15-16H,11-12H2,1-6H3;1H;/q-1;;+2/p-1/t15-,16-;;/m1../s1. The first-order valence-corrected chi connectivity index (χ1v) is 12.2. The number of hydrogen-bond acceptors (Lipinski definition) is 4. The molecule has 0 saturated heterocycles. The third-order valence-corrected chi connectivity index (χ3v) is 4.58. The van der Waals surface area contributed by atoms with Gasteiger partial charge >= 0.3 is 30.6 Å². The van der Waals surface area contributed by atoms with Crippen molar-refractivity contribution in [3.8, 4) is 0 Å². The second kappa shape index (κ2) is 8.54. The molecule has 0 saturated carbocycles. The molecule has 0 fully saturated rings. The summed E-state index contributed by atoms with van der Waals surface area (Å²) in [5, 5.41) is 0. The van der Waals surface area contributed by atoms with Gasteiger partial charge in [-0.15, -0.1) is 6.07 Å². The number of hydrogen-bond donors (Lipinski definition) is 0. The van der Waals surface area contributed by atoms with Crippen LogP contribution in [0.1, 0.15) is 52.7 Å². The average Bonchev–Trinajstić information content (AvgIpc) is 3.26. The molecule has 0 N–H and O–H groups in total. The molecular weight excluding hydrogens is 487 g/mol. The molecule has 2 atom stereocenters. The van der Waals surface area contributed by atoms with Crippen LogP contribution in [0, 0.1) is 16.9 Å². The maximum atomic E-state index is 5.82. The Balaban J connectivity index is 0.00000117. The monoisotopic (exact) mass is 512 g/mol. The molecule has 1 aromatic rings. The van der Waals surface area contributed by atoms with Crippen LogP contribution >= 0.6 is 13.4 Å². The van der Waals surface area contributed by atoms with Crippen LogP contribution < -0.4 is 0 Å². The van der Waals surface area contributed by atoms with Gasteiger partial charge in [0.1, 0.15) is 13.2 Å². The van der Waals surface area contributed by atoms with Gasteiger partial charge in [-0.05, 0) is 10.8 Å². The summed E-state index contributed by atoms with van der Waals surface area (Å²) < 4.78 is 11.6. The van der Waals surface area contributed by atoms with E-state index in [4.69, 9.17) is 19.5 Å². The topological polar surface area (TPSA) is 43.2 Å². The van der Waals surface area contributed by atoms with E-state index in [1.807, 2.05) is 18.2 Å². The Morgan fingerprint density at radius 1 is 0.885 bits per heavy atom. The van der Waals surface area contributed by atoms with E-state index in [0.29, 0.717) is 25.0 Å². The first-order valence-electron chi connectivity index (χ1n) is 8.69. The van der Waals surface area contributed by atoms with Crippen LogP contribution in [0.15, 0.2) is 28.2 Å². The van der Waals surface area contributed by atoms with Gasteiger partial charge in [0.2, 0.25) is 0 Å². The summed E-state index contributed by atoms with van der Waals surface area (Å²) in [6.45, 7) is 14.4. The average molecular weight is 514 g/mol. The normalized spacial score (nSPS) is 22.7. The zero-order valence-electron chi connectivity index (χ0n) is 16.2. The fraction of sp³-hybridized carbons (Fsp3) is 0.600. The summed E-state index contributed by atoms with van der Waals surface area (Å²) in [6.07, 6.45) is 0. The molecule has 0 bridgehead atoms. The second-order valence-electron chi connectivity index (χ2n) is 8.76.